The van der Waals surface area contributed by atoms with Crippen molar-refractivity contribution in [3.05, 3.63) is 35.4 Å². The molecule has 0 atom stereocenters. The third-order valence-corrected chi connectivity index (χ3v) is 3.11. The summed E-state index contributed by atoms with van der Waals surface area (Å²) in [6.07, 6.45) is 3.65. The van der Waals surface area contributed by atoms with Gasteiger partial charge in [-0.25, -0.2) is 8.78 Å². The van der Waals surface area contributed by atoms with Gasteiger partial charge in [0.15, 0.2) is 0 Å². The Bertz CT molecular complexity index is 395. The smallest absolute Gasteiger partial charge is 0.140 e. The van der Waals surface area contributed by atoms with Gasteiger partial charge in [-0.05, 0) is 24.5 Å². The first-order valence-corrected chi connectivity index (χ1v) is 6.55. The van der Waals surface area contributed by atoms with Crippen molar-refractivity contribution in [3.8, 4) is 0 Å². The molecule has 0 spiro atoms. The standard InChI is InChI=1S/C15H20F2O/c1-3-5-11(6-4-2)15(18)9-12-7-8-13(16)10-14(12)17/h7-8,10-11H,3-6,9H2,1-2H3. The van der Waals surface area contributed by atoms with E-state index >= 15 is 0 Å². The number of rotatable bonds is 7. The lowest BCUT2D eigenvalue weighted by Gasteiger charge is -2.14. The van der Waals surface area contributed by atoms with Crippen molar-refractivity contribution in [1.82, 2.24) is 0 Å². The molecule has 0 aliphatic rings. The second-order valence-electron chi connectivity index (χ2n) is 4.65. The topological polar surface area (TPSA) is 17.1 Å². The summed E-state index contributed by atoms with van der Waals surface area (Å²) < 4.78 is 26.2. The van der Waals surface area contributed by atoms with Crippen LogP contribution in [-0.2, 0) is 11.2 Å². The molecule has 1 nitrogen and oxygen atoms in total. The third-order valence-electron chi connectivity index (χ3n) is 3.11. The van der Waals surface area contributed by atoms with Crippen LogP contribution in [0, 0.1) is 17.6 Å². The van der Waals surface area contributed by atoms with Gasteiger partial charge in [0.1, 0.15) is 17.4 Å². The quantitative estimate of drug-likeness (QED) is 0.709. The monoisotopic (exact) mass is 254 g/mol. The Labute approximate surface area is 107 Å². The zero-order valence-corrected chi connectivity index (χ0v) is 11.0. The van der Waals surface area contributed by atoms with Crippen LogP contribution in [0.4, 0.5) is 8.78 Å². The molecule has 1 aromatic rings. The summed E-state index contributed by atoms with van der Waals surface area (Å²) in [6, 6.07) is 3.38. The van der Waals surface area contributed by atoms with Crippen LogP contribution in [-0.4, -0.2) is 5.78 Å². The van der Waals surface area contributed by atoms with Gasteiger partial charge in [-0.2, -0.15) is 0 Å². The summed E-state index contributed by atoms with van der Waals surface area (Å²) in [7, 11) is 0. The second kappa shape index (κ2) is 7.24. The molecule has 0 aliphatic heterocycles. The number of benzene rings is 1. The van der Waals surface area contributed by atoms with E-state index in [0.717, 1.165) is 31.7 Å². The highest BCUT2D eigenvalue weighted by Crippen LogP contribution is 2.19. The minimum Gasteiger partial charge on any atom is -0.299 e. The van der Waals surface area contributed by atoms with Gasteiger partial charge in [-0.3, -0.25) is 4.79 Å². The van der Waals surface area contributed by atoms with E-state index in [9.17, 15) is 13.6 Å². The minimum absolute atomic E-state index is 0.00412. The Morgan fingerprint density at radius 2 is 1.78 bits per heavy atom. The zero-order valence-electron chi connectivity index (χ0n) is 11.0. The average molecular weight is 254 g/mol. The molecule has 0 fully saturated rings. The predicted molar refractivity (Wildman–Crippen MR) is 68.4 cm³/mol. The van der Waals surface area contributed by atoms with E-state index in [1.807, 2.05) is 13.8 Å². The number of carbonyl (C=O) groups is 1. The maximum absolute atomic E-state index is 13.5. The summed E-state index contributed by atoms with van der Waals surface area (Å²) >= 11 is 0. The molecule has 3 heteroatoms. The maximum Gasteiger partial charge on any atom is 0.140 e. The van der Waals surface area contributed by atoms with Crippen molar-refractivity contribution in [2.24, 2.45) is 5.92 Å². The molecule has 0 N–H and O–H groups in total. The van der Waals surface area contributed by atoms with Crippen LogP contribution in [0.5, 0.6) is 0 Å². The molecule has 0 aliphatic carbocycles. The molecule has 1 aromatic carbocycles. The van der Waals surface area contributed by atoms with E-state index in [2.05, 4.69) is 0 Å². The number of hydrogen-bond donors (Lipinski definition) is 0. The number of Topliss-reactive ketones (excluding diaryl/α,β-unsaturated/α-hetero) is 1. The van der Waals surface area contributed by atoms with Crippen molar-refractivity contribution in [2.75, 3.05) is 0 Å². The Hall–Kier alpha value is -1.25. The van der Waals surface area contributed by atoms with Gasteiger partial charge in [0, 0.05) is 18.4 Å². The normalized spacial score (nSPS) is 10.9. The van der Waals surface area contributed by atoms with Crippen molar-refractivity contribution in [2.45, 2.75) is 46.0 Å². The van der Waals surface area contributed by atoms with Gasteiger partial charge in [0.2, 0.25) is 0 Å². The molecule has 100 valence electrons. The molecule has 0 amide bonds. The van der Waals surface area contributed by atoms with Crippen molar-refractivity contribution >= 4 is 5.78 Å². The number of halogens is 2. The fourth-order valence-electron chi connectivity index (χ4n) is 2.16. The lowest BCUT2D eigenvalue weighted by molar-refractivity contribution is -0.122. The van der Waals surface area contributed by atoms with Gasteiger partial charge in [-0.1, -0.05) is 32.8 Å². The summed E-state index contributed by atoms with van der Waals surface area (Å²) in [4.78, 5) is 12.1. The van der Waals surface area contributed by atoms with Gasteiger partial charge < -0.3 is 0 Å². The van der Waals surface area contributed by atoms with E-state index < -0.39 is 11.6 Å². The molecule has 0 aromatic heterocycles. The van der Waals surface area contributed by atoms with E-state index in [0.29, 0.717) is 5.56 Å². The number of hydrogen-bond acceptors (Lipinski definition) is 1. The second-order valence-corrected chi connectivity index (χ2v) is 4.65. The fourth-order valence-corrected chi connectivity index (χ4v) is 2.16. The molecule has 0 unspecified atom stereocenters. The van der Waals surface area contributed by atoms with Gasteiger partial charge in [0.25, 0.3) is 0 Å². The first kappa shape index (κ1) is 14.8. The van der Waals surface area contributed by atoms with Crippen LogP contribution in [0.2, 0.25) is 0 Å². The molecule has 0 heterocycles. The first-order chi connectivity index (χ1) is 8.58. The molecular weight excluding hydrogens is 234 g/mol. The molecule has 18 heavy (non-hydrogen) atoms. The molecule has 0 saturated carbocycles. The van der Waals surface area contributed by atoms with Gasteiger partial charge in [0.05, 0.1) is 0 Å². The molecule has 0 saturated heterocycles. The molecular formula is C15H20F2O. The number of ketones is 1. The summed E-state index contributed by atoms with van der Waals surface area (Å²) in [5.74, 6) is -1.17. The molecule has 0 bridgehead atoms. The van der Waals surface area contributed by atoms with Crippen LogP contribution in [0.3, 0.4) is 0 Å². The first-order valence-electron chi connectivity index (χ1n) is 6.55. The predicted octanol–water partition coefficient (Wildman–Crippen LogP) is 4.29. The molecule has 1 rings (SSSR count). The van der Waals surface area contributed by atoms with E-state index in [1.54, 1.807) is 0 Å². The summed E-state index contributed by atoms with van der Waals surface area (Å²) in [5, 5.41) is 0. The van der Waals surface area contributed by atoms with Crippen LogP contribution in [0.15, 0.2) is 18.2 Å². The Morgan fingerprint density at radius 3 is 2.28 bits per heavy atom. The van der Waals surface area contributed by atoms with Crippen LogP contribution >= 0.6 is 0 Å². The summed E-state index contributed by atoms with van der Waals surface area (Å²) in [6.45, 7) is 4.07. The van der Waals surface area contributed by atoms with E-state index in [1.165, 1.54) is 12.1 Å². The average Bonchev–Trinajstić information content (AvgIpc) is 2.32. The van der Waals surface area contributed by atoms with Crippen molar-refractivity contribution in [3.63, 3.8) is 0 Å². The van der Waals surface area contributed by atoms with E-state index in [4.69, 9.17) is 0 Å². The maximum atomic E-state index is 13.5. The van der Waals surface area contributed by atoms with Crippen molar-refractivity contribution in [1.29, 1.82) is 0 Å². The molecule has 0 radical (unpaired) electrons. The Morgan fingerprint density at radius 1 is 1.17 bits per heavy atom. The van der Waals surface area contributed by atoms with Gasteiger partial charge >= 0.3 is 0 Å². The SMILES string of the molecule is CCCC(CCC)C(=O)Cc1ccc(F)cc1F. The Balaban J connectivity index is 2.72. The largest absolute Gasteiger partial charge is 0.299 e. The van der Waals surface area contributed by atoms with Crippen LogP contribution in [0.1, 0.15) is 45.1 Å². The number of carbonyl (C=O) groups excluding carboxylic acids is 1. The van der Waals surface area contributed by atoms with Gasteiger partial charge in [-0.15, -0.1) is 0 Å². The minimum atomic E-state index is -0.630. The van der Waals surface area contributed by atoms with Crippen molar-refractivity contribution < 1.29 is 13.6 Å². The summed E-state index contributed by atoms with van der Waals surface area (Å²) in [5.41, 5.74) is 0.290. The third kappa shape index (κ3) is 4.21. The van der Waals surface area contributed by atoms with Crippen LogP contribution < -0.4 is 0 Å². The Kier molecular flexibility index (Phi) is 5.96. The fraction of sp³-hybridized carbons (Fsp3) is 0.533. The highest BCUT2D eigenvalue weighted by Gasteiger charge is 2.18. The lowest BCUT2D eigenvalue weighted by Crippen LogP contribution is -2.17. The lowest BCUT2D eigenvalue weighted by atomic mass is 9.90. The highest BCUT2D eigenvalue weighted by atomic mass is 19.1. The highest BCUT2D eigenvalue weighted by molar-refractivity contribution is 5.83. The van der Waals surface area contributed by atoms with Crippen LogP contribution in [0.25, 0.3) is 0 Å². The van der Waals surface area contributed by atoms with E-state index in [-0.39, 0.29) is 18.1 Å². The zero-order chi connectivity index (χ0) is 13.5.